The Kier molecular flexibility index (Phi) is 6.96. The van der Waals surface area contributed by atoms with E-state index < -0.39 is 11.6 Å². The molecular formula is C18H26F2N2O. The monoisotopic (exact) mass is 324 g/mol. The van der Waals surface area contributed by atoms with E-state index in [-0.39, 0.29) is 11.9 Å². The molecule has 1 fully saturated rings. The van der Waals surface area contributed by atoms with Gasteiger partial charge in [0.05, 0.1) is 6.04 Å². The minimum atomic E-state index is -0.598. The average molecular weight is 324 g/mol. The van der Waals surface area contributed by atoms with Crippen LogP contribution < -0.4 is 10.6 Å². The van der Waals surface area contributed by atoms with Crippen molar-refractivity contribution in [1.29, 1.82) is 0 Å². The van der Waals surface area contributed by atoms with Crippen LogP contribution in [0.5, 0.6) is 0 Å². The predicted molar refractivity (Wildman–Crippen MR) is 87.0 cm³/mol. The van der Waals surface area contributed by atoms with E-state index in [1.807, 2.05) is 6.92 Å². The van der Waals surface area contributed by atoms with Crippen LogP contribution in [0.25, 0.3) is 0 Å². The molecule has 2 rings (SSSR count). The first-order valence-corrected chi connectivity index (χ1v) is 8.55. The third kappa shape index (κ3) is 5.57. The maximum atomic E-state index is 14.0. The third-order valence-electron chi connectivity index (χ3n) is 4.49. The molecule has 2 N–H and O–H groups in total. The van der Waals surface area contributed by atoms with Gasteiger partial charge in [-0.2, -0.15) is 0 Å². The summed E-state index contributed by atoms with van der Waals surface area (Å²) in [4.78, 5) is 12.2. The Morgan fingerprint density at radius 3 is 2.74 bits per heavy atom. The molecule has 128 valence electrons. The lowest BCUT2D eigenvalue weighted by Crippen LogP contribution is -2.31. The van der Waals surface area contributed by atoms with Crippen LogP contribution in [0.3, 0.4) is 0 Å². The van der Waals surface area contributed by atoms with Gasteiger partial charge < -0.3 is 10.6 Å². The average Bonchev–Trinajstić information content (AvgIpc) is 2.54. The summed E-state index contributed by atoms with van der Waals surface area (Å²) < 4.78 is 27.0. The summed E-state index contributed by atoms with van der Waals surface area (Å²) in [6, 6.07) is 3.15. The van der Waals surface area contributed by atoms with Gasteiger partial charge >= 0.3 is 0 Å². The first-order chi connectivity index (χ1) is 11.1. The van der Waals surface area contributed by atoms with Crippen molar-refractivity contribution in [2.75, 3.05) is 13.1 Å². The van der Waals surface area contributed by atoms with E-state index in [9.17, 15) is 13.6 Å². The zero-order chi connectivity index (χ0) is 16.7. The molecule has 1 unspecified atom stereocenters. The molecule has 1 aliphatic heterocycles. The molecule has 0 bridgehead atoms. The van der Waals surface area contributed by atoms with Crippen molar-refractivity contribution >= 4 is 5.91 Å². The van der Waals surface area contributed by atoms with Crippen molar-refractivity contribution in [3.63, 3.8) is 0 Å². The first kappa shape index (κ1) is 17.9. The molecule has 1 atom stereocenters. The Morgan fingerprint density at radius 2 is 2.09 bits per heavy atom. The van der Waals surface area contributed by atoms with Gasteiger partial charge in [-0.15, -0.1) is 0 Å². The van der Waals surface area contributed by atoms with Gasteiger partial charge in [0.1, 0.15) is 11.6 Å². The highest BCUT2D eigenvalue weighted by Crippen LogP contribution is 2.23. The van der Waals surface area contributed by atoms with Crippen LogP contribution >= 0.6 is 0 Å². The highest BCUT2D eigenvalue weighted by molar-refractivity contribution is 5.76. The van der Waals surface area contributed by atoms with E-state index in [0.717, 1.165) is 44.8 Å². The second-order valence-electron chi connectivity index (χ2n) is 6.31. The van der Waals surface area contributed by atoms with Gasteiger partial charge in [-0.1, -0.05) is 19.4 Å². The van der Waals surface area contributed by atoms with Crippen molar-refractivity contribution in [2.45, 2.75) is 51.5 Å². The fourth-order valence-corrected chi connectivity index (χ4v) is 3.15. The lowest BCUT2D eigenvalue weighted by molar-refractivity contribution is -0.122. The molecule has 0 aromatic heterocycles. The van der Waals surface area contributed by atoms with Crippen LogP contribution in [0.4, 0.5) is 8.78 Å². The molecule has 0 spiro atoms. The molecule has 0 aliphatic carbocycles. The lowest BCUT2D eigenvalue weighted by atomic mass is 9.93. The SMILES string of the molecule is CCCC(NC(=O)CCC1CCNCC1)c1ccc(F)cc1F. The van der Waals surface area contributed by atoms with Gasteiger partial charge in [0.15, 0.2) is 0 Å². The van der Waals surface area contributed by atoms with E-state index in [2.05, 4.69) is 10.6 Å². The van der Waals surface area contributed by atoms with E-state index in [1.54, 1.807) is 0 Å². The molecule has 23 heavy (non-hydrogen) atoms. The highest BCUT2D eigenvalue weighted by Gasteiger charge is 2.19. The fraction of sp³-hybridized carbons (Fsp3) is 0.611. The first-order valence-electron chi connectivity index (χ1n) is 8.55. The van der Waals surface area contributed by atoms with Crippen LogP contribution in [0, 0.1) is 17.6 Å². The summed E-state index contributed by atoms with van der Waals surface area (Å²) in [6.07, 6.45) is 5.01. The Morgan fingerprint density at radius 1 is 1.35 bits per heavy atom. The summed E-state index contributed by atoms with van der Waals surface area (Å²) in [7, 11) is 0. The molecule has 0 saturated carbocycles. The van der Waals surface area contributed by atoms with Gasteiger partial charge in [0, 0.05) is 18.1 Å². The van der Waals surface area contributed by atoms with E-state index in [1.165, 1.54) is 12.1 Å². The maximum Gasteiger partial charge on any atom is 0.220 e. The van der Waals surface area contributed by atoms with Crippen molar-refractivity contribution in [1.82, 2.24) is 10.6 Å². The summed E-state index contributed by atoms with van der Waals surface area (Å²) in [5.74, 6) is -0.652. The lowest BCUT2D eigenvalue weighted by Gasteiger charge is -2.23. The van der Waals surface area contributed by atoms with Crippen molar-refractivity contribution in [3.8, 4) is 0 Å². The quantitative estimate of drug-likeness (QED) is 0.803. The molecule has 1 aromatic carbocycles. The zero-order valence-corrected chi connectivity index (χ0v) is 13.7. The fourth-order valence-electron chi connectivity index (χ4n) is 3.15. The number of amides is 1. The maximum absolute atomic E-state index is 14.0. The van der Waals surface area contributed by atoms with Crippen molar-refractivity contribution in [2.24, 2.45) is 5.92 Å². The summed E-state index contributed by atoms with van der Waals surface area (Å²) in [6.45, 7) is 4.02. The predicted octanol–water partition coefficient (Wildman–Crippen LogP) is 3.70. The molecule has 1 heterocycles. The molecule has 5 heteroatoms. The molecule has 1 aromatic rings. The van der Waals surface area contributed by atoms with Gasteiger partial charge in [-0.3, -0.25) is 4.79 Å². The van der Waals surface area contributed by atoms with Crippen LogP contribution in [-0.4, -0.2) is 19.0 Å². The normalized spacial score (nSPS) is 17.0. The van der Waals surface area contributed by atoms with Crippen LogP contribution in [0.15, 0.2) is 18.2 Å². The number of nitrogens with one attached hydrogen (secondary N) is 2. The Labute approximate surface area is 136 Å². The second-order valence-corrected chi connectivity index (χ2v) is 6.31. The number of hydrogen-bond acceptors (Lipinski definition) is 2. The molecule has 1 amide bonds. The number of carbonyl (C=O) groups is 1. The van der Waals surface area contributed by atoms with Crippen LogP contribution in [0.2, 0.25) is 0 Å². The number of halogens is 2. The summed E-state index contributed by atoms with van der Waals surface area (Å²) >= 11 is 0. The number of hydrogen-bond donors (Lipinski definition) is 2. The van der Waals surface area contributed by atoms with Gasteiger partial charge in [-0.25, -0.2) is 8.78 Å². The topological polar surface area (TPSA) is 41.1 Å². The highest BCUT2D eigenvalue weighted by atomic mass is 19.1. The molecule has 1 aliphatic rings. The number of rotatable bonds is 7. The zero-order valence-electron chi connectivity index (χ0n) is 13.7. The Hall–Kier alpha value is -1.49. The Bertz CT molecular complexity index is 516. The van der Waals surface area contributed by atoms with E-state index >= 15 is 0 Å². The minimum Gasteiger partial charge on any atom is -0.349 e. The van der Waals surface area contributed by atoms with E-state index in [0.29, 0.717) is 24.3 Å². The molecule has 3 nitrogen and oxygen atoms in total. The van der Waals surface area contributed by atoms with Gasteiger partial charge in [-0.05, 0) is 50.8 Å². The van der Waals surface area contributed by atoms with Gasteiger partial charge in [0.25, 0.3) is 0 Å². The smallest absolute Gasteiger partial charge is 0.220 e. The van der Waals surface area contributed by atoms with Crippen molar-refractivity contribution in [3.05, 3.63) is 35.4 Å². The van der Waals surface area contributed by atoms with Crippen LogP contribution in [-0.2, 0) is 4.79 Å². The summed E-state index contributed by atoms with van der Waals surface area (Å²) in [5.41, 5.74) is 0.364. The van der Waals surface area contributed by atoms with Crippen LogP contribution in [0.1, 0.15) is 57.1 Å². The standard InChI is InChI=1S/C18H26F2N2O/c1-2-3-17(15-6-5-14(19)12-16(15)20)22-18(23)7-4-13-8-10-21-11-9-13/h5-6,12-13,17,21H,2-4,7-11H2,1H3,(H,22,23). The van der Waals surface area contributed by atoms with Gasteiger partial charge in [0.2, 0.25) is 5.91 Å². The molecule has 1 saturated heterocycles. The Balaban J connectivity index is 1.91. The molecular weight excluding hydrogens is 298 g/mol. The van der Waals surface area contributed by atoms with Crippen molar-refractivity contribution < 1.29 is 13.6 Å². The molecule has 0 radical (unpaired) electrons. The third-order valence-corrected chi connectivity index (χ3v) is 4.49. The van der Waals surface area contributed by atoms with E-state index in [4.69, 9.17) is 0 Å². The second kappa shape index (κ2) is 8.96. The largest absolute Gasteiger partial charge is 0.349 e. The number of benzene rings is 1. The number of carbonyl (C=O) groups excluding carboxylic acids is 1. The number of piperidine rings is 1. The summed E-state index contributed by atoms with van der Waals surface area (Å²) in [5, 5.41) is 6.23. The minimum absolute atomic E-state index is 0.0503.